The first-order valence-electron chi connectivity index (χ1n) is 5.20. The van der Waals surface area contributed by atoms with E-state index in [0.29, 0.717) is 12.5 Å². The second-order valence-corrected chi connectivity index (χ2v) is 3.84. The lowest BCUT2D eigenvalue weighted by atomic mass is 10.2. The van der Waals surface area contributed by atoms with Crippen molar-refractivity contribution in [1.29, 1.82) is 0 Å². The molecule has 0 aliphatic heterocycles. The molecule has 0 atom stereocenters. The summed E-state index contributed by atoms with van der Waals surface area (Å²) < 4.78 is 5.23. The molecule has 0 saturated heterocycles. The molecule has 0 aliphatic carbocycles. The highest BCUT2D eigenvalue weighted by Gasteiger charge is 2.00. The van der Waals surface area contributed by atoms with Crippen molar-refractivity contribution in [1.82, 2.24) is 5.48 Å². The Morgan fingerprint density at radius 2 is 2.00 bits per heavy atom. The minimum absolute atomic E-state index is 0.537. The highest BCUT2D eigenvalue weighted by Crippen LogP contribution is 2.16. The van der Waals surface area contributed by atoms with E-state index in [1.165, 1.54) is 0 Å². The quantitative estimate of drug-likeness (QED) is 0.576. The molecule has 1 aromatic rings. The second kappa shape index (κ2) is 6.43. The van der Waals surface area contributed by atoms with Crippen molar-refractivity contribution in [3.05, 3.63) is 29.8 Å². The fraction of sp³-hybridized carbons (Fsp3) is 0.500. The molecule has 0 aliphatic rings. The first-order chi connectivity index (χ1) is 7.24. The van der Waals surface area contributed by atoms with Gasteiger partial charge in [-0.1, -0.05) is 32.0 Å². The maximum Gasteiger partial charge on any atom is 0.123 e. The summed E-state index contributed by atoms with van der Waals surface area (Å²) in [7, 11) is 1.67. The summed E-state index contributed by atoms with van der Waals surface area (Å²) in [6.45, 7) is 5.61. The van der Waals surface area contributed by atoms with E-state index in [2.05, 4.69) is 19.3 Å². The van der Waals surface area contributed by atoms with E-state index in [-0.39, 0.29) is 0 Å². The van der Waals surface area contributed by atoms with Crippen LogP contribution in [0.25, 0.3) is 0 Å². The van der Waals surface area contributed by atoms with Gasteiger partial charge in [-0.05, 0) is 12.0 Å². The predicted octanol–water partition coefficient (Wildman–Crippen LogP) is 2.37. The van der Waals surface area contributed by atoms with Crippen LogP contribution in [0.3, 0.4) is 0 Å². The van der Waals surface area contributed by atoms with Crippen LogP contribution in [0.15, 0.2) is 24.3 Å². The number of ether oxygens (including phenoxy) is 1. The largest absolute Gasteiger partial charge is 0.496 e. The van der Waals surface area contributed by atoms with Crippen LogP contribution in [0, 0.1) is 5.92 Å². The first kappa shape index (κ1) is 12.0. The number of rotatable bonds is 6. The molecule has 0 unspecified atom stereocenters. The van der Waals surface area contributed by atoms with Crippen molar-refractivity contribution in [3.8, 4) is 5.75 Å². The molecule has 1 N–H and O–H groups in total. The summed E-state index contributed by atoms with van der Waals surface area (Å²) in [6, 6.07) is 7.91. The van der Waals surface area contributed by atoms with Gasteiger partial charge in [0.05, 0.1) is 13.7 Å². The summed E-state index contributed by atoms with van der Waals surface area (Å²) in [4.78, 5) is 5.29. The van der Waals surface area contributed by atoms with Crippen LogP contribution in [0.2, 0.25) is 0 Å². The zero-order valence-electron chi connectivity index (χ0n) is 9.62. The molecule has 0 heterocycles. The van der Waals surface area contributed by atoms with Crippen LogP contribution in [0.4, 0.5) is 0 Å². The topological polar surface area (TPSA) is 30.5 Å². The first-order valence-corrected chi connectivity index (χ1v) is 5.20. The zero-order chi connectivity index (χ0) is 11.1. The molecular weight excluding hydrogens is 190 g/mol. The summed E-state index contributed by atoms with van der Waals surface area (Å²) in [5.74, 6) is 1.42. The maximum absolute atomic E-state index is 5.29. The molecule has 1 aromatic carbocycles. The smallest absolute Gasteiger partial charge is 0.123 e. The summed E-state index contributed by atoms with van der Waals surface area (Å²) in [6.07, 6.45) is 0. The number of hydrogen-bond donors (Lipinski definition) is 1. The van der Waals surface area contributed by atoms with Crippen LogP contribution >= 0.6 is 0 Å². The number of hydroxylamine groups is 1. The molecule has 1 rings (SSSR count). The standard InChI is InChI=1S/C12H19NO2/c1-10(2)9-15-13-8-11-6-4-5-7-12(11)14-3/h4-7,10,13H,8-9H2,1-3H3. The lowest BCUT2D eigenvalue weighted by molar-refractivity contribution is 0.0193. The molecule has 0 radical (unpaired) electrons. The monoisotopic (exact) mass is 209 g/mol. The van der Waals surface area contributed by atoms with Crippen LogP contribution in [-0.2, 0) is 11.4 Å². The van der Waals surface area contributed by atoms with Crippen LogP contribution < -0.4 is 10.2 Å². The Morgan fingerprint density at radius 1 is 1.27 bits per heavy atom. The minimum atomic E-state index is 0.537. The molecule has 0 amide bonds. The molecule has 0 aromatic heterocycles. The van der Waals surface area contributed by atoms with Crippen molar-refractivity contribution in [3.63, 3.8) is 0 Å². The number of methoxy groups -OCH3 is 1. The number of benzene rings is 1. The molecule has 84 valence electrons. The van der Waals surface area contributed by atoms with Crippen molar-refractivity contribution in [2.45, 2.75) is 20.4 Å². The van der Waals surface area contributed by atoms with Gasteiger partial charge in [0.2, 0.25) is 0 Å². The van der Waals surface area contributed by atoms with E-state index in [0.717, 1.165) is 17.9 Å². The average Bonchev–Trinajstić information content (AvgIpc) is 2.24. The third-order valence-electron chi connectivity index (χ3n) is 1.97. The molecule has 0 fully saturated rings. The Balaban J connectivity index is 2.36. The van der Waals surface area contributed by atoms with Gasteiger partial charge in [-0.25, -0.2) is 0 Å². The zero-order valence-corrected chi connectivity index (χ0v) is 9.62. The van der Waals surface area contributed by atoms with Gasteiger partial charge >= 0.3 is 0 Å². The van der Waals surface area contributed by atoms with Gasteiger partial charge in [0.25, 0.3) is 0 Å². The predicted molar refractivity (Wildman–Crippen MR) is 60.6 cm³/mol. The van der Waals surface area contributed by atoms with Crippen molar-refractivity contribution in [2.24, 2.45) is 5.92 Å². The van der Waals surface area contributed by atoms with Crippen LogP contribution in [0.5, 0.6) is 5.75 Å². The van der Waals surface area contributed by atoms with Gasteiger partial charge in [-0.3, -0.25) is 0 Å². The van der Waals surface area contributed by atoms with Gasteiger partial charge in [0, 0.05) is 12.1 Å². The van der Waals surface area contributed by atoms with Crippen molar-refractivity contribution in [2.75, 3.05) is 13.7 Å². The number of nitrogens with one attached hydrogen (secondary N) is 1. The number of hydrogen-bond acceptors (Lipinski definition) is 3. The molecule has 0 bridgehead atoms. The second-order valence-electron chi connectivity index (χ2n) is 3.84. The van der Waals surface area contributed by atoms with E-state index in [1.54, 1.807) is 7.11 Å². The Morgan fingerprint density at radius 3 is 2.67 bits per heavy atom. The Bertz CT molecular complexity index is 287. The Labute approximate surface area is 91.4 Å². The van der Waals surface area contributed by atoms with Gasteiger partial charge in [-0.15, -0.1) is 0 Å². The van der Waals surface area contributed by atoms with E-state index in [9.17, 15) is 0 Å². The van der Waals surface area contributed by atoms with Crippen molar-refractivity contribution < 1.29 is 9.57 Å². The summed E-state index contributed by atoms with van der Waals surface area (Å²) in [5.41, 5.74) is 4.03. The van der Waals surface area contributed by atoms with E-state index in [1.807, 2.05) is 24.3 Å². The maximum atomic E-state index is 5.29. The van der Waals surface area contributed by atoms with Crippen LogP contribution in [0.1, 0.15) is 19.4 Å². The Hall–Kier alpha value is -1.06. The minimum Gasteiger partial charge on any atom is -0.496 e. The molecule has 0 saturated carbocycles. The summed E-state index contributed by atoms with van der Waals surface area (Å²) in [5, 5.41) is 0. The average molecular weight is 209 g/mol. The lowest BCUT2D eigenvalue weighted by Gasteiger charge is -2.10. The summed E-state index contributed by atoms with van der Waals surface area (Å²) >= 11 is 0. The van der Waals surface area contributed by atoms with E-state index < -0.39 is 0 Å². The highest BCUT2D eigenvalue weighted by atomic mass is 16.6. The molecule has 3 nitrogen and oxygen atoms in total. The van der Waals surface area contributed by atoms with Crippen LogP contribution in [-0.4, -0.2) is 13.7 Å². The van der Waals surface area contributed by atoms with Gasteiger partial charge in [0.15, 0.2) is 0 Å². The van der Waals surface area contributed by atoms with Gasteiger partial charge < -0.3 is 9.57 Å². The highest BCUT2D eigenvalue weighted by molar-refractivity contribution is 5.32. The third-order valence-corrected chi connectivity index (χ3v) is 1.97. The molecule has 15 heavy (non-hydrogen) atoms. The SMILES string of the molecule is COc1ccccc1CNOCC(C)C. The molecule has 3 heteroatoms. The molecular formula is C12H19NO2. The van der Waals surface area contributed by atoms with Crippen molar-refractivity contribution >= 4 is 0 Å². The number of para-hydroxylation sites is 1. The Kier molecular flexibility index (Phi) is 5.15. The lowest BCUT2D eigenvalue weighted by Crippen LogP contribution is -2.17. The normalized spacial score (nSPS) is 10.7. The molecule has 0 spiro atoms. The van der Waals surface area contributed by atoms with Gasteiger partial charge in [0.1, 0.15) is 5.75 Å². The fourth-order valence-electron chi connectivity index (χ4n) is 1.20. The third kappa shape index (κ3) is 4.32. The van der Waals surface area contributed by atoms with Gasteiger partial charge in [-0.2, -0.15) is 5.48 Å². The van der Waals surface area contributed by atoms with E-state index >= 15 is 0 Å². The van der Waals surface area contributed by atoms with E-state index in [4.69, 9.17) is 9.57 Å². The fourth-order valence-corrected chi connectivity index (χ4v) is 1.20.